The van der Waals surface area contributed by atoms with Crippen molar-refractivity contribution in [3.05, 3.63) is 35.9 Å². The van der Waals surface area contributed by atoms with E-state index in [4.69, 9.17) is 0 Å². The maximum absolute atomic E-state index is 9.66. The molecule has 0 heterocycles. The van der Waals surface area contributed by atoms with Crippen LogP contribution >= 0.6 is 0 Å². The fraction of sp³-hybridized carbons (Fsp3) is 0.538. The minimum absolute atomic E-state index is 0.244. The van der Waals surface area contributed by atoms with Gasteiger partial charge in [-0.15, -0.1) is 0 Å². The van der Waals surface area contributed by atoms with Gasteiger partial charge in [0.25, 0.3) is 0 Å². The first-order valence-corrected chi connectivity index (χ1v) is 9.17. The van der Waals surface area contributed by atoms with Gasteiger partial charge >= 0.3 is 0 Å². The largest absolute Gasteiger partial charge is 0.396 e. The first-order chi connectivity index (χ1) is 7.01. The van der Waals surface area contributed by atoms with Crippen molar-refractivity contribution in [2.75, 3.05) is 6.61 Å². The summed E-state index contributed by atoms with van der Waals surface area (Å²) in [6.45, 7) is 7.47. The summed E-state index contributed by atoms with van der Waals surface area (Å²) < 4.78 is 0. The Morgan fingerprint density at radius 1 is 1.27 bits per heavy atom. The molecule has 15 heavy (non-hydrogen) atoms. The molecule has 0 unspecified atom stereocenters. The molecule has 2 heteroatoms. The van der Waals surface area contributed by atoms with E-state index in [0.717, 1.165) is 0 Å². The third-order valence-corrected chi connectivity index (χ3v) is 7.75. The maximum atomic E-state index is 9.66. The molecule has 0 radical (unpaired) electrons. The molecule has 0 saturated heterocycles. The standard InChI is InChI=1S/C13H20OSi/c1-15(2,3)13(10-14)9-12(13)11-7-5-4-6-8-11/h4-8,12,14H,9-10H2,1-3H3/t12-,13+/m1/s1. The monoisotopic (exact) mass is 220 g/mol. The zero-order valence-electron chi connectivity index (χ0n) is 9.83. The maximum Gasteiger partial charge on any atom is 0.0542 e. The lowest BCUT2D eigenvalue weighted by Gasteiger charge is -2.28. The van der Waals surface area contributed by atoms with Crippen molar-refractivity contribution in [1.82, 2.24) is 0 Å². The summed E-state index contributed by atoms with van der Waals surface area (Å²) in [5, 5.41) is 9.90. The highest BCUT2D eigenvalue weighted by Crippen LogP contribution is 2.70. The fourth-order valence-electron chi connectivity index (χ4n) is 2.67. The lowest BCUT2D eigenvalue weighted by atomic mass is 10.1. The Morgan fingerprint density at radius 2 is 1.87 bits per heavy atom. The second kappa shape index (κ2) is 3.46. The molecule has 1 aromatic rings. The molecule has 2 rings (SSSR count). The van der Waals surface area contributed by atoms with Crippen LogP contribution in [-0.4, -0.2) is 19.8 Å². The molecule has 0 spiro atoms. The van der Waals surface area contributed by atoms with E-state index in [1.807, 2.05) is 0 Å². The van der Waals surface area contributed by atoms with Crippen LogP contribution in [0.2, 0.25) is 24.7 Å². The fourth-order valence-corrected chi connectivity index (χ4v) is 5.17. The molecule has 1 aliphatic rings. The molecule has 1 N–H and O–H groups in total. The summed E-state index contributed by atoms with van der Waals surface area (Å²) in [4.78, 5) is 0. The molecule has 82 valence electrons. The van der Waals surface area contributed by atoms with E-state index in [1.54, 1.807) is 0 Å². The van der Waals surface area contributed by atoms with Crippen molar-refractivity contribution in [2.45, 2.75) is 37.0 Å². The highest BCUT2D eigenvalue weighted by Gasteiger charge is 2.61. The lowest BCUT2D eigenvalue weighted by molar-refractivity contribution is 0.276. The van der Waals surface area contributed by atoms with E-state index >= 15 is 0 Å². The molecular weight excluding hydrogens is 200 g/mol. The predicted molar refractivity (Wildman–Crippen MR) is 66.9 cm³/mol. The van der Waals surface area contributed by atoms with Crippen LogP contribution in [0.5, 0.6) is 0 Å². The van der Waals surface area contributed by atoms with Crippen LogP contribution < -0.4 is 0 Å². The summed E-state index contributed by atoms with van der Waals surface area (Å²) in [5.74, 6) is 0.607. The van der Waals surface area contributed by atoms with E-state index in [-0.39, 0.29) is 5.04 Å². The molecule has 1 nitrogen and oxygen atoms in total. The summed E-state index contributed by atoms with van der Waals surface area (Å²) in [6, 6.07) is 10.6. The van der Waals surface area contributed by atoms with E-state index in [2.05, 4.69) is 50.0 Å². The van der Waals surface area contributed by atoms with Crippen molar-refractivity contribution < 1.29 is 5.11 Å². The van der Waals surface area contributed by atoms with Crippen LogP contribution in [0.4, 0.5) is 0 Å². The van der Waals surface area contributed by atoms with Crippen LogP contribution in [0.15, 0.2) is 30.3 Å². The Balaban J connectivity index is 2.24. The molecule has 0 aliphatic heterocycles. The molecule has 0 amide bonds. The van der Waals surface area contributed by atoms with Crippen molar-refractivity contribution in [3.8, 4) is 0 Å². The number of rotatable bonds is 3. The average molecular weight is 220 g/mol. The molecular formula is C13H20OSi. The van der Waals surface area contributed by atoms with Gasteiger partial charge in [0.05, 0.1) is 8.07 Å². The molecule has 1 fully saturated rings. The Labute approximate surface area is 93.2 Å². The van der Waals surface area contributed by atoms with Gasteiger partial charge in [-0.1, -0.05) is 50.0 Å². The number of aliphatic hydroxyl groups is 1. The van der Waals surface area contributed by atoms with Gasteiger partial charge in [0, 0.05) is 6.61 Å². The predicted octanol–water partition coefficient (Wildman–Crippen LogP) is 3.24. The molecule has 1 saturated carbocycles. The average Bonchev–Trinajstić information content (AvgIpc) is 2.94. The SMILES string of the molecule is C[Si](C)(C)[C@]1(CO)C[C@@H]1c1ccccc1. The Hall–Kier alpha value is -0.603. The van der Waals surface area contributed by atoms with E-state index in [0.29, 0.717) is 12.5 Å². The van der Waals surface area contributed by atoms with E-state index in [1.165, 1.54) is 12.0 Å². The molecule has 1 aromatic carbocycles. The smallest absolute Gasteiger partial charge is 0.0542 e. The highest BCUT2D eigenvalue weighted by atomic mass is 28.3. The van der Waals surface area contributed by atoms with Crippen molar-refractivity contribution >= 4 is 8.07 Å². The number of hydrogen-bond donors (Lipinski definition) is 1. The van der Waals surface area contributed by atoms with Gasteiger partial charge in [-0.3, -0.25) is 0 Å². The Bertz CT molecular complexity index is 341. The third kappa shape index (κ3) is 1.66. The van der Waals surface area contributed by atoms with Crippen LogP contribution in [0.1, 0.15) is 17.9 Å². The molecule has 0 aromatic heterocycles. The van der Waals surface area contributed by atoms with Crippen LogP contribution in [0.25, 0.3) is 0 Å². The number of hydrogen-bond acceptors (Lipinski definition) is 1. The second-order valence-corrected chi connectivity index (χ2v) is 11.2. The van der Waals surface area contributed by atoms with E-state index < -0.39 is 8.07 Å². The highest BCUT2D eigenvalue weighted by molar-refractivity contribution is 6.80. The quantitative estimate of drug-likeness (QED) is 0.775. The Kier molecular flexibility index (Phi) is 2.51. The lowest BCUT2D eigenvalue weighted by Crippen LogP contribution is -2.33. The van der Waals surface area contributed by atoms with Crippen LogP contribution in [-0.2, 0) is 0 Å². The summed E-state index contributed by atoms with van der Waals surface area (Å²) in [7, 11) is -1.27. The number of benzene rings is 1. The Morgan fingerprint density at radius 3 is 2.27 bits per heavy atom. The molecule has 1 aliphatic carbocycles. The zero-order chi connectivity index (χ0) is 11.1. The third-order valence-electron chi connectivity index (χ3n) is 4.05. The number of aliphatic hydroxyl groups excluding tert-OH is 1. The summed E-state index contributed by atoms with van der Waals surface area (Å²) >= 11 is 0. The molecule has 2 atom stereocenters. The van der Waals surface area contributed by atoms with Gasteiger partial charge in [0.1, 0.15) is 0 Å². The van der Waals surface area contributed by atoms with E-state index in [9.17, 15) is 5.11 Å². The van der Waals surface area contributed by atoms with Crippen molar-refractivity contribution in [1.29, 1.82) is 0 Å². The minimum atomic E-state index is -1.27. The molecule has 0 bridgehead atoms. The van der Waals surface area contributed by atoms with Crippen LogP contribution in [0, 0.1) is 0 Å². The minimum Gasteiger partial charge on any atom is -0.396 e. The normalized spacial score (nSPS) is 30.3. The zero-order valence-corrected chi connectivity index (χ0v) is 10.8. The van der Waals surface area contributed by atoms with Crippen LogP contribution in [0.3, 0.4) is 0 Å². The van der Waals surface area contributed by atoms with Gasteiger partial charge < -0.3 is 5.11 Å². The van der Waals surface area contributed by atoms with Gasteiger partial charge in [-0.25, -0.2) is 0 Å². The van der Waals surface area contributed by atoms with Gasteiger partial charge in [0.15, 0.2) is 0 Å². The second-order valence-electron chi connectivity index (χ2n) is 5.73. The van der Waals surface area contributed by atoms with Gasteiger partial charge in [-0.2, -0.15) is 0 Å². The van der Waals surface area contributed by atoms with Gasteiger partial charge in [0.2, 0.25) is 0 Å². The summed E-state index contributed by atoms with van der Waals surface area (Å²) in [6.07, 6.45) is 1.18. The first-order valence-electron chi connectivity index (χ1n) is 5.67. The van der Waals surface area contributed by atoms with Crippen molar-refractivity contribution in [2.24, 2.45) is 0 Å². The summed E-state index contributed by atoms with van der Waals surface area (Å²) in [5.41, 5.74) is 1.41. The van der Waals surface area contributed by atoms with Gasteiger partial charge in [-0.05, 0) is 22.9 Å². The van der Waals surface area contributed by atoms with Crippen molar-refractivity contribution in [3.63, 3.8) is 0 Å². The first kappa shape index (κ1) is 10.9. The topological polar surface area (TPSA) is 20.2 Å².